The fraction of sp³-hybridized carbons (Fsp3) is 0.611. The van der Waals surface area contributed by atoms with Crippen LogP contribution in [0.5, 0.6) is 0 Å². The third kappa shape index (κ3) is 2.30. The number of carbonyl (C=O) groups is 1. The van der Waals surface area contributed by atoms with E-state index in [-0.39, 0.29) is 5.91 Å². The van der Waals surface area contributed by atoms with E-state index in [0.717, 1.165) is 31.1 Å². The molecule has 2 heterocycles. The quantitative estimate of drug-likeness (QED) is 0.907. The first-order chi connectivity index (χ1) is 10.6. The molecular formula is C18H25N3O. The van der Waals surface area contributed by atoms with Crippen molar-refractivity contribution in [3.63, 3.8) is 0 Å². The molecule has 0 spiro atoms. The normalized spacial score (nSPS) is 28.7. The fourth-order valence-electron chi connectivity index (χ4n) is 4.36. The van der Waals surface area contributed by atoms with Crippen LogP contribution in [0.3, 0.4) is 0 Å². The SMILES string of the molecule is CC1Cc2cc(N3CCNCC3=O)ccc2N(C)[C@H]1C1CC1. The lowest BCUT2D eigenvalue weighted by atomic mass is 9.84. The molecule has 118 valence electrons. The van der Waals surface area contributed by atoms with Crippen molar-refractivity contribution in [3.05, 3.63) is 23.8 Å². The molecule has 0 bridgehead atoms. The van der Waals surface area contributed by atoms with Crippen LogP contribution in [-0.4, -0.2) is 38.6 Å². The lowest BCUT2D eigenvalue weighted by Crippen LogP contribution is -2.48. The highest BCUT2D eigenvalue weighted by atomic mass is 16.2. The zero-order valence-electron chi connectivity index (χ0n) is 13.5. The third-order valence-electron chi connectivity index (χ3n) is 5.52. The van der Waals surface area contributed by atoms with Crippen LogP contribution >= 0.6 is 0 Å². The Hall–Kier alpha value is -1.55. The van der Waals surface area contributed by atoms with Crippen molar-refractivity contribution < 1.29 is 4.79 Å². The number of nitrogens with one attached hydrogen (secondary N) is 1. The molecule has 1 aromatic carbocycles. The lowest BCUT2D eigenvalue weighted by Gasteiger charge is -2.41. The summed E-state index contributed by atoms with van der Waals surface area (Å²) in [6.45, 7) is 4.48. The van der Waals surface area contributed by atoms with Gasteiger partial charge in [0.25, 0.3) is 0 Å². The minimum absolute atomic E-state index is 0.180. The van der Waals surface area contributed by atoms with Crippen molar-refractivity contribution in [1.29, 1.82) is 0 Å². The third-order valence-corrected chi connectivity index (χ3v) is 5.52. The predicted octanol–water partition coefficient (Wildman–Crippen LogP) is 2.03. The molecule has 4 rings (SSSR count). The number of hydrogen-bond donors (Lipinski definition) is 1. The summed E-state index contributed by atoms with van der Waals surface area (Å²) < 4.78 is 0. The summed E-state index contributed by atoms with van der Waals surface area (Å²) in [5, 5.41) is 3.14. The Labute approximate surface area is 132 Å². The molecular weight excluding hydrogens is 274 g/mol. The van der Waals surface area contributed by atoms with E-state index in [9.17, 15) is 4.79 Å². The van der Waals surface area contributed by atoms with Gasteiger partial charge >= 0.3 is 0 Å². The Morgan fingerprint density at radius 2 is 2.09 bits per heavy atom. The van der Waals surface area contributed by atoms with Crippen LogP contribution in [-0.2, 0) is 11.2 Å². The van der Waals surface area contributed by atoms with Crippen molar-refractivity contribution in [3.8, 4) is 0 Å². The van der Waals surface area contributed by atoms with Crippen LogP contribution < -0.4 is 15.1 Å². The number of carbonyl (C=O) groups excluding carboxylic acids is 1. The van der Waals surface area contributed by atoms with E-state index in [1.165, 1.54) is 24.1 Å². The summed E-state index contributed by atoms with van der Waals surface area (Å²) in [5.41, 5.74) is 3.83. The fourth-order valence-corrected chi connectivity index (χ4v) is 4.36. The van der Waals surface area contributed by atoms with Gasteiger partial charge < -0.3 is 15.1 Å². The summed E-state index contributed by atoms with van der Waals surface area (Å²) in [4.78, 5) is 16.5. The average molecular weight is 299 g/mol. The molecule has 1 saturated heterocycles. The average Bonchev–Trinajstić information content (AvgIpc) is 3.32. The topological polar surface area (TPSA) is 35.6 Å². The van der Waals surface area contributed by atoms with Crippen molar-refractivity contribution in [1.82, 2.24) is 5.32 Å². The van der Waals surface area contributed by atoms with Crippen LogP contribution in [0, 0.1) is 11.8 Å². The van der Waals surface area contributed by atoms with Gasteiger partial charge in [0, 0.05) is 37.6 Å². The van der Waals surface area contributed by atoms with Crippen molar-refractivity contribution in [2.75, 3.05) is 36.5 Å². The second kappa shape index (κ2) is 5.27. The van der Waals surface area contributed by atoms with Gasteiger partial charge in [-0.2, -0.15) is 0 Å². The number of fused-ring (bicyclic) bond motifs is 1. The Balaban J connectivity index is 1.64. The number of benzene rings is 1. The molecule has 1 amide bonds. The molecule has 22 heavy (non-hydrogen) atoms. The summed E-state index contributed by atoms with van der Waals surface area (Å²) in [5.74, 6) is 1.76. The molecule has 4 nitrogen and oxygen atoms in total. The van der Waals surface area contributed by atoms with Gasteiger partial charge in [-0.15, -0.1) is 0 Å². The largest absolute Gasteiger partial charge is 0.371 e. The monoisotopic (exact) mass is 299 g/mol. The highest BCUT2D eigenvalue weighted by molar-refractivity contribution is 5.95. The maximum atomic E-state index is 12.1. The standard InChI is InChI=1S/C18H25N3O/c1-12-9-14-10-15(21-8-7-19-11-17(21)22)5-6-16(14)20(2)18(12)13-3-4-13/h5-6,10,12-13,18-19H,3-4,7-9,11H2,1-2H3/t12?,18-/m1/s1. The van der Waals surface area contributed by atoms with Gasteiger partial charge in [-0.1, -0.05) is 6.92 Å². The highest BCUT2D eigenvalue weighted by Gasteiger charge is 2.40. The first-order valence-electron chi connectivity index (χ1n) is 8.52. The van der Waals surface area contributed by atoms with E-state index in [1.807, 2.05) is 4.90 Å². The zero-order chi connectivity index (χ0) is 15.3. The van der Waals surface area contributed by atoms with Crippen molar-refractivity contribution >= 4 is 17.3 Å². The van der Waals surface area contributed by atoms with Gasteiger partial charge in [-0.05, 0) is 54.9 Å². The van der Waals surface area contributed by atoms with Gasteiger partial charge in [-0.25, -0.2) is 0 Å². The first-order valence-corrected chi connectivity index (χ1v) is 8.52. The van der Waals surface area contributed by atoms with E-state index >= 15 is 0 Å². The Bertz CT molecular complexity index is 596. The van der Waals surface area contributed by atoms with E-state index < -0.39 is 0 Å². The van der Waals surface area contributed by atoms with Crippen LogP contribution in [0.2, 0.25) is 0 Å². The molecule has 2 fully saturated rings. The molecule has 0 aromatic heterocycles. The van der Waals surface area contributed by atoms with Crippen LogP contribution in [0.15, 0.2) is 18.2 Å². The first kappa shape index (κ1) is 14.1. The zero-order valence-corrected chi connectivity index (χ0v) is 13.5. The summed E-state index contributed by atoms with van der Waals surface area (Å²) in [6, 6.07) is 7.29. The smallest absolute Gasteiger partial charge is 0.240 e. The maximum absolute atomic E-state index is 12.1. The predicted molar refractivity (Wildman–Crippen MR) is 89.4 cm³/mol. The van der Waals surface area contributed by atoms with E-state index in [4.69, 9.17) is 0 Å². The van der Waals surface area contributed by atoms with E-state index in [2.05, 4.69) is 42.4 Å². The summed E-state index contributed by atoms with van der Waals surface area (Å²) in [7, 11) is 2.24. The van der Waals surface area contributed by atoms with Gasteiger partial charge in [0.05, 0.1) is 6.54 Å². The molecule has 0 radical (unpaired) electrons. The van der Waals surface area contributed by atoms with Gasteiger partial charge in [0.15, 0.2) is 0 Å². The Morgan fingerprint density at radius 3 is 2.82 bits per heavy atom. The number of rotatable bonds is 2. The van der Waals surface area contributed by atoms with Crippen LogP contribution in [0.4, 0.5) is 11.4 Å². The molecule has 3 aliphatic rings. The van der Waals surface area contributed by atoms with Crippen molar-refractivity contribution in [2.24, 2.45) is 11.8 Å². The molecule has 2 atom stereocenters. The Kier molecular flexibility index (Phi) is 3.37. The second-order valence-corrected chi connectivity index (χ2v) is 7.16. The number of nitrogens with zero attached hydrogens (tertiary/aromatic N) is 2. The van der Waals surface area contributed by atoms with Crippen LogP contribution in [0.1, 0.15) is 25.3 Å². The van der Waals surface area contributed by atoms with E-state index in [1.54, 1.807) is 0 Å². The molecule has 1 saturated carbocycles. The molecule has 1 aliphatic carbocycles. The summed E-state index contributed by atoms with van der Waals surface area (Å²) >= 11 is 0. The minimum Gasteiger partial charge on any atom is -0.371 e. The number of amides is 1. The molecule has 2 aliphatic heterocycles. The Morgan fingerprint density at radius 1 is 1.27 bits per heavy atom. The van der Waals surface area contributed by atoms with Gasteiger partial charge in [-0.3, -0.25) is 4.79 Å². The number of anilines is 2. The lowest BCUT2D eigenvalue weighted by molar-refractivity contribution is -0.118. The maximum Gasteiger partial charge on any atom is 0.240 e. The second-order valence-electron chi connectivity index (χ2n) is 7.16. The van der Waals surface area contributed by atoms with E-state index in [0.29, 0.717) is 18.5 Å². The molecule has 1 aromatic rings. The van der Waals surface area contributed by atoms with Crippen LogP contribution in [0.25, 0.3) is 0 Å². The molecule has 4 heteroatoms. The number of piperazine rings is 1. The highest BCUT2D eigenvalue weighted by Crippen LogP contribution is 2.45. The summed E-state index contributed by atoms with van der Waals surface area (Å²) in [6.07, 6.45) is 3.92. The van der Waals surface area contributed by atoms with Gasteiger partial charge in [0.2, 0.25) is 5.91 Å². The minimum atomic E-state index is 0.180. The number of hydrogen-bond acceptors (Lipinski definition) is 3. The van der Waals surface area contributed by atoms with Gasteiger partial charge in [0.1, 0.15) is 0 Å². The van der Waals surface area contributed by atoms with Crippen molar-refractivity contribution in [2.45, 2.75) is 32.2 Å². The molecule has 1 N–H and O–H groups in total. The molecule has 1 unspecified atom stereocenters.